The highest BCUT2D eigenvalue weighted by atomic mass is 16.5. The maximum Gasteiger partial charge on any atom is 0.204 e. The van der Waals surface area contributed by atoms with Crippen LogP contribution in [-0.4, -0.2) is 30.7 Å². The Hall–Kier alpha value is -1.52. The average Bonchev–Trinajstić information content (AvgIpc) is 2.52. The molecule has 120 valence electrons. The van der Waals surface area contributed by atoms with Gasteiger partial charge in [-0.2, -0.15) is 0 Å². The predicted octanol–water partition coefficient (Wildman–Crippen LogP) is 4.08. The van der Waals surface area contributed by atoms with Crippen molar-refractivity contribution in [3.63, 3.8) is 0 Å². The smallest absolute Gasteiger partial charge is 0.204 e. The quantitative estimate of drug-likeness (QED) is 0.569. The number of nitrogens with zero attached hydrogens (tertiary/aromatic N) is 2. The average molecular weight is 294 g/mol. The molecule has 0 atom stereocenters. The van der Waals surface area contributed by atoms with Crippen molar-refractivity contribution >= 4 is 11.6 Å². The number of hydrogen-bond acceptors (Lipinski definition) is 5. The maximum absolute atomic E-state index is 5.35. The van der Waals surface area contributed by atoms with E-state index in [-0.39, 0.29) is 0 Å². The second kappa shape index (κ2) is 11.2. The highest BCUT2D eigenvalue weighted by molar-refractivity contribution is 5.63. The minimum absolute atomic E-state index is 0.680. The van der Waals surface area contributed by atoms with E-state index in [0.717, 1.165) is 18.8 Å². The van der Waals surface area contributed by atoms with Crippen LogP contribution in [-0.2, 0) is 0 Å². The SMILES string of the molecule is CCCCCCCCCCNc1ncnc(NC)c1OC. The summed E-state index contributed by atoms with van der Waals surface area (Å²) in [5.74, 6) is 2.16. The summed E-state index contributed by atoms with van der Waals surface area (Å²) in [6.07, 6.45) is 12.1. The van der Waals surface area contributed by atoms with Crippen molar-refractivity contribution in [3.05, 3.63) is 6.33 Å². The van der Waals surface area contributed by atoms with Crippen LogP contribution in [0.15, 0.2) is 6.33 Å². The minimum Gasteiger partial charge on any atom is -0.490 e. The Morgan fingerprint density at radius 3 is 2.19 bits per heavy atom. The van der Waals surface area contributed by atoms with Crippen LogP contribution in [0, 0.1) is 0 Å². The monoisotopic (exact) mass is 294 g/mol. The Morgan fingerprint density at radius 1 is 0.952 bits per heavy atom. The molecular weight excluding hydrogens is 264 g/mol. The number of unbranched alkanes of at least 4 members (excludes halogenated alkanes) is 7. The van der Waals surface area contributed by atoms with Gasteiger partial charge in [0.05, 0.1) is 7.11 Å². The van der Waals surface area contributed by atoms with Gasteiger partial charge in [-0.3, -0.25) is 0 Å². The molecule has 5 heteroatoms. The molecule has 0 bridgehead atoms. The number of rotatable bonds is 12. The first-order chi connectivity index (χ1) is 10.3. The standard InChI is InChI=1S/C16H30N4O/c1-4-5-6-7-8-9-10-11-12-18-16-14(21-3)15(17-2)19-13-20-16/h13H,4-12H2,1-3H3,(H2,17,18,19,20). The van der Waals surface area contributed by atoms with Crippen molar-refractivity contribution in [2.75, 3.05) is 31.3 Å². The van der Waals surface area contributed by atoms with Crippen molar-refractivity contribution in [1.82, 2.24) is 9.97 Å². The Bertz CT molecular complexity index is 385. The van der Waals surface area contributed by atoms with Crippen molar-refractivity contribution < 1.29 is 4.74 Å². The number of nitrogens with one attached hydrogen (secondary N) is 2. The van der Waals surface area contributed by atoms with E-state index < -0.39 is 0 Å². The molecule has 1 rings (SSSR count). The van der Waals surface area contributed by atoms with Gasteiger partial charge >= 0.3 is 0 Å². The van der Waals surface area contributed by atoms with Crippen LogP contribution in [0.3, 0.4) is 0 Å². The highest BCUT2D eigenvalue weighted by Crippen LogP contribution is 2.28. The van der Waals surface area contributed by atoms with Gasteiger partial charge in [-0.25, -0.2) is 9.97 Å². The first-order valence-electron chi connectivity index (χ1n) is 8.14. The fourth-order valence-corrected chi connectivity index (χ4v) is 2.34. The third-order valence-electron chi connectivity index (χ3n) is 3.57. The zero-order chi connectivity index (χ0) is 15.3. The summed E-state index contributed by atoms with van der Waals surface area (Å²) >= 11 is 0. The maximum atomic E-state index is 5.35. The number of hydrogen-bond donors (Lipinski definition) is 2. The van der Waals surface area contributed by atoms with E-state index in [1.807, 2.05) is 7.05 Å². The molecule has 0 saturated heterocycles. The molecule has 0 spiro atoms. The molecule has 0 aliphatic heterocycles. The fourth-order valence-electron chi connectivity index (χ4n) is 2.34. The lowest BCUT2D eigenvalue weighted by Crippen LogP contribution is -2.07. The Balaban J connectivity index is 2.18. The molecule has 0 unspecified atom stereocenters. The van der Waals surface area contributed by atoms with E-state index in [9.17, 15) is 0 Å². The summed E-state index contributed by atoms with van der Waals surface area (Å²) in [5, 5.41) is 6.34. The number of anilines is 2. The summed E-state index contributed by atoms with van der Waals surface area (Å²) in [7, 11) is 3.47. The van der Waals surface area contributed by atoms with Crippen molar-refractivity contribution in [2.45, 2.75) is 58.3 Å². The van der Waals surface area contributed by atoms with Crippen LogP contribution in [0.2, 0.25) is 0 Å². The van der Waals surface area contributed by atoms with Gasteiger partial charge in [0, 0.05) is 13.6 Å². The molecule has 0 amide bonds. The molecule has 21 heavy (non-hydrogen) atoms. The number of aromatic nitrogens is 2. The summed E-state index contributed by atoms with van der Waals surface area (Å²) in [6.45, 7) is 3.18. The highest BCUT2D eigenvalue weighted by Gasteiger charge is 2.09. The molecule has 0 saturated carbocycles. The van der Waals surface area contributed by atoms with Crippen LogP contribution in [0.25, 0.3) is 0 Å². The second-order valence-electron chi connectivity index (χ2n) is 5.26. The first kappa shape index (κ1) is 17.5. The van der Waals surface area contributed by atoms with Gasteiger partial charge in [-0.1, -0.05) is 51.9 Å². The van der Waals surface area contributed by atoms with E-state index in [0.29, 0.717) is 11.6 Å². The van der Waals surface area contributed by atoms with Gasteiger partial charge in [0.1, 0.15) is 6.33 Å². The van der Waals surface area contributed by atoms with E-state index in [2.05, 4.69) is 27.5 Å². The normalized spacial score (nSPS) is 10.4. The zero-order valence-electron chi connectivity index (χ0n) is 13.7. The molecule has 0 fully saturated rings. The molecule has 1 aromatic rings. The van der Waals surface area contributed by atoms with E-state index in [4.69, 9.17) is 4.74 Å². The third kappa shape index (κ3) is 6.65. The number of methoxy groups -OCH3 is 1. The lowest BCUT2D eigenvalue weighted by atomic mass is 10.1. The largest absolute Gasteiger partial charge is 0.490 e. The lowest BCUT2D eigenvalue weighted by molar-refractivity contribution is 0.415. The molecule has 0 aliphatic rings. The topological polar surface area (TPSA) is 59.1 Å². The predicted molar refractivity (Wildman–Crippen MR) is 89.2 cm³/mol. The Labute approximate surface area is 128 Å². The van der Waals surface area contributed by atoms with Crippen molar-refractivity contribution in [3.8, 4) is 5.75 Å². The summed E-state index contributed by atoms with van der Waals surface area (Å²) in [5.41, 5.74) is 0. The van der Waals surface area contributed by atoms with Crippen LogP contribution in [0.1, 0.15) is 58.3 Å². The molecule has 5 nitrogen and oxygen atoms in total. The van der Waals surface area contributed by atoms with Gasteiger partial charge in [0.25, 0.3) is 0 Å². The van der Waals surface area contributed by atoms with Crippen LogP contribution in [0.4, 0.5) is 11.6 Å². The third-order valence-corrected chi connectivity index (χ3v) is 3.57. The fraction of sp³-hybridized carbons (Fsp3) is 0.750. The first-order valence-corrected chi connectivity index (χ1v) is 8.14. The second-order valence-corrected chi connectivity index (χ2v) is 5.26. The molecular formula is C16H30N4O. The van der Waals surface area contributed by atoms with E-state index in [1.165, 1.54) is 44.9 Å². The van der Waals surface area contributed by atoms with Crippen LogP contribution in [0.5, 0.6) is 5.75 Å². The van der Waals surface area contributed by atoms with Crippen LogP contribution < -0.4 is 15.4 Å². The van der Waals surface area contributed by atoms with E-state index >= 15 is 0 Å². The van der Waals surface area contributed by atoms with Gasteiger partial charge in [0.15, 0.2) is 11.6 Å². The molecule has 1 heterocycles. The molecule has 2 N–H and O–H groups in total. The van der Waals surface area contributed by atoms with Gasteiger partial charge in [-0.05, 0) is 6.42 Å². The zero-order valence-corrected chi connectivity index (χ0v) is 13.7. The molecule has 0 aliphatic carbocycles. The van der Waals surface area contributed by atoms with Gasteiger partial charge < -0.3 is 15.4 Å². The van der Waals surface area contributed by atoms with Crippen molar-refractivity contribution in [2.24, 2.45) is 0 Å². The van der Waals surface area contributed by atoms with Crippen molar-refractivity contribution in [1.29, 1.82) is 0 Å². The minimum atomic E-state index is 0.680. The van der Waals surface area contributed by atoms with Gasteiger partial charge in [0.2, 0.25) is 5.75 Å². The summed E-state index contributed by atoms with van der Waals surface area (Å²) < 4.78 is 5.35. The Kier molecular flexibility index (Phi) is 9.33. The summed E-state index contributed by atoms with van der Waals surface area (Å²) in [4.78, 5) is 8.37. The molecule has 0 aromatic carbocycles. The summed E-state index contributed by atoms with van der Waals surface area (Å²) in [6, 6.07) is 0. The van der Waals surface area contributed by atoms with Gasteiger partial charge in [-0.15, -0.1) is 0 Å². The molecule has 1 aromatic heterocycles. The number of ether oxygens (including phenoxy) is 1. The van der Waals surface area contributed by atoms with Crippen LogP contribution >= 0.6 is 0 Å². The lowest BCUT2D eigenvalue weighted by Gasteiger charge is -2.12. The molecule has 0 radical (unpaired) electrons. The van der Waals surface area contributed by atoms with E-state index in [1.54, 1.807) is 13.4 Å². The Morgan fingerprint density at radius 2 is 1.57 bits per heavy atom.